The van der Waals surface area contributed by atoms with Crippen LogP contribution in [0.3, 0.4) is 0 Å². The van der Waals surface area contributed by atoms with Crippen LogP contribution in [-0.4, -0.2) is 65.7 Å². The van der Waals surface area contributed by atoms with Gasteiger partial charge in [0.2, 0.25) is 0 Å². The number of nitrogens with two attached hydrogens (primary N) is 1. The molecule has 1 aromatic carbocycles. The quantitative estimate of drug-likeness (QED) is 0.405. The summed E-state index contributed by atoms with van der Waals surface area (Å²) in [6.07, 6.45) is -1.05. The van der Waals surface area contributed by atoms with Gasteiger partial charge in [-0.05, 0) is 24.3 Å². The number of anilines is 1. The summed E-state index contributed by atoms with van der Waals surface area (Å²) in [5.74, 6) is -4.14. The highest BCUT2D eigenvalue weighted by molar-refractivity contribution is 7.99. The van der Waals surface area contributed by atoms with E-state index in [1.165, 1.54) is 12.4 Å². The largest absolute Gasteiger partial charge is 0.394 e. The van der Waals surface area contributed by atoms with E-state index in [0.29, 0.717) is 4.90 Å². The van der Waals surface area contributed by atoms with Crippen LogP contribution in [-0.2, 0) is 4.74 Å². The molecule has 1 saturated heterocycles. The van der Waals surface area contributed by atoms with Crippen molar-refractivity contribution in [2.45, 2.75) is 34.7 Å². The minimum Gasteiger partial charge on any atom is -0.394 e. The highest BCUT2D eigenvalue weighted by atomic mass is 32.2. The van der Waals surface area contributed by atoms with Gasteiger partial charge in [-0.3, -0.25) is 0 Å². The number of pyridine rings is 1. The van der Waals surface area contributed by atoms with E-state index in [0.717, 1.165) is 28.6 Å². The maximum absolute atomic E-state index is 13.6. The summed E-state index contributed by atoms with van der Waals surface area (Å²) in [7, 11) is 0. The van der Waals surface area contributed by atoms with Gasteiger partial charge in [-0.1, -0.05) is 17.0 Å². The number of nitrogens with zero attached hydrogens (tertiary/aromatic N) is 4. The topological polar surface area (TPSA) is 140 Å². The fraction of sp³-hybridized carbons (Fsp3) is 0.316. The van der Waals surface area contributed by atoms with E-state index < -0.39 is 53.8 Å². The molecule has 0 unspecified atom stereocenters. The van der Waals surface area contributed by atoms with Gasteiger partial charge in [-0.2, -0.15) is 0 Å². The van der Waals surface area contributed by atoms with Gasteiger partial charge in [0, 0.05) is 16.7 Å². The second kappa shape index (κ2) is 9.03. The molecule has 1 fully saturated rings. The van der Waals surface area contributed by atoms with Gasteiger partial charge in [-0.15, -0.1) is 5.10 Å². The second-order valence-corrected chi connectivity index (χ2v) is 8.24. The van der Waals surface area contributed by atoms with Crippen molar-refractivity contribution in [2.24, 2.45) is 0 Å². The van der Waals surface area contributed by atoms with Crippen LogP contribution in [0.25, 0.3) is 11.3 Å². The first kappa shape index (κ1) is 22.5. The molecule has 1 aliphatic heterocycles. The maximum atomic E-state index is 13.6. The van der Waals surface area contributed by atoms with Gasteiger partial charge in [-0.25, -0.2) is 22.8 Å². The molecule has 32 heavy (non-hydrogen) atoms. The molecule has 2 aromatic heterocycles. The van der Waals surface area contributed by atoms with Crippen molar-refractivity contribution >= 4 is 17.6 Å². The summed E-state index contributed by atoms with van der Waals surface area (Å²) in [4.78, 5) is 4.52. The molecule has 3 aromatic rings. The Kier molecular flexibility index (Phi) is 6.35. The van der Waals surface area contributed by atoms with Crippen molar-refractivity contribution in [3.63, 3.8) is 0 Å². The molecule has 5 atom stereocenters. The minimum absolute atomic E-state index is 0.0136. The molecule has 0 radical (unpaired) electrons. The van der Waals surface area contributed by atoms with Crippen molar-refractivity contribution in [1.82, 2.24) is 20.0 Å². The van der Waals surface area contributed by atoms with Crippen molar-refractivity contribution in [1.29, 1.82) is 0 Å². The van der Waals surface area contributed by atoms with Gasteiger partial charge in [0.05, 0.1) is 12.8 Å². The number of nitrogen functional groups attached to an aromatic ring is 1. The van der Waals surface area contributed by atoms with E-state index in [1.54, 1.807) is 12.1 Å². The van der Waals surface area contributed by atoms with Gasteiger partial charge < -0.3 is 25.8 Å². The molecule has 5 N–H and O–H groups in total. The van der Waals surface area contributed by atoms with E-state index in [1.807, 2.05) is 0 Å². The number of aromatic nitrogens is 4. The van der Waals surface area contributed by atoms with Crippen molar-refractivity contribution in [3.05, 3.63) is 54.1 Å². The number of aliphatic hydroxyl groups is 3. The minimum atomic E-state index is -1.61. The van der Waals surface area contributed by atoms with Crippen LogP contribution < -0.4 is 5.73 Å². The lowest BCUT2D eigenvalue weighted by molar-refractivity contribution is -0.178. The van der Waals surface area contributed by atoms with Crippen LogP contribution in [0, 0.1) is 17.5 Å². The summed E-state index contributed by atoms with van der Waals surface area (Å²) < 4.78 is 47.2. The van der Waals surface area contributed by atoms with Crippen LogP contribution in [0.2, 0.25) is 0 Å². The molecule has 13 heteroatoms. The third kappa shape index (κ3) is 4.29. The van der Waals surface area contributed by atoms with Crippen LogP contribution in [0.4, 0.5) is 19.0 Å². The highest BCUT2D eigenvalue weighted by Gasteiger charge is 2.46. The van der Waals surface area contributed by atoms with Crippen LogP contribution in [0.1, 0.15) is 6.04 Å². The van der Waals surface area contributed by atoms with Crippen LogP contribution >= 0.6 is 11.8 Å². The monoisotopic (exact) mass is 469 g/mol. The van der Waals surface area contributed by atoms with Crippen LogP contribution in [0.15, 0.2) is 41.6 Å². The fourth-order valence-electron chi connectivity index (χ4n) is 3.37. The number of hydrogen-bond donors (Lipinski definition) is 4. The van der Waals surface area contributed by atoms with E-state index in [-0.39, 0.29) is 17.1 Å². The van der Waals surface area contributed by atoms with E-state index in [4.69, 9.17) is 10.5 Å². The zero-order valence-electron chi connectivity index (χ0n) is 16.2. The first-order valence-corrected chi connectivity index (χ1v) is 10.2. The number of aliphatic hydroxyl groups excluding tert-OH is 3. The predicted octanol–water partition coefficient (Wildman–Crippen LogP) is 1.11. The summed E-state index contributed by atoms with van der Waals surface area (Å²) in [6.45, 7) is -0.546. The van der Waals surface area contributed by atoms with Crippen molar-refractivity contribution in [3.8, 4) is 11.3 Å². The summed E-state index contributed by atoms with van der Waals surface area (Å²) in [5.41, 5.74) is 4.64. The average Bonchev–Trinajstić information content (AvgIpc) is 3.23. The highest BCUT2D eigenvalue weighted by Crippen LogP contribution is 2.38. The number of benzene rings is 1. The summed E-state index contributed by atoms with van der Waals surface area (Å²) >= 11 is 1.10. The molecule has 0 amide bonds. The molecular formula is C19H18F3N5O4S. The fourth-order valence-corrected chi connectivity index (χ4v) is 4.47. The summed E-state index contributed by atoms with van der Waals surface area (Å²) in [6, 6.07) is 3.61. The standard InChI is InChI=1S/C19H18F3N5O4S/c20-10-3-8(4-11(21)15(10)22)12-6-27(26-25-12)16-17(29)13(7-28)31-19(18(16)30)32-9-1-2-24-14(23)5-9/h1-6,13,16-19,28-30H,7H2,(H2,23,24)/t13-,16+,17+,18-,19-/m1/s1. The third-order valence-corrected chi connectivity index (χ3v) is 6.10. The molecule has 0 bridgehead atoms. The average molecular weight is 469 g/mol. The number of thioether (sulfide) groups is 1. The number of hydrogen-bond acceptors (Lipinski definition) is 9. The molecule has 0 spiro atoms. The first-order chi connectivity index (χ1) is 15.3. The number of ether oxygens (including phenoxy) is 1. The predicted molar refractivity (Wildman–Crippen MR) is 107 cm³/mol. The Labute approximate surface area is 183 Å². The Bertz CT molecular complexity index is 1100. The van der Waals surface area contributed by atoms with Gasteiger partial charge in [0.15, 0.2) is 17.5 Å². The van der Waals surface area contributed by atoms with Crippen molar-refractivity contribution < 1.29 is 33.2 Å². The first-order valence-electron chi connectivity index (χ1n) is 9.36. The normalized spacial score (nSPS) is 25.8. The second-order valence-electron chi connectivity index (χ2n) is 7.07. The molecule has 1 aliphatic rings. The number of rotatable bonds is 5. The maximum Gasteiger partial charge on any atom is 0.194 e. The zero-order chi connectivity index (χ0) is 23.0. The Morgan fingerprint density at radius 1 is 1.12 bits per heavy atom. The van der Waals surface area contributed by atoms with Gasteiger partial charge in [0.25, 0.3) is 0 Å². The third-order valence-electron chi connectivity index (χ3n) is 4.95. The lowest BCUT2D eigenvalue weighted by atomic mass is 9.97. The summed E-state index contributed by atoms with van der Waals surface area (Å²) in [5, 5.41) is 38.9. The lowest BCUT2D eigenvalue weighted by Crippen LogP contribution is -2.55. The molecule has 3 heterocycles. The van der Waals surface area contributed by atoms with Crippen molar-refractivity contribution in [2.75, 3.05) is 12.3 Å². The Balaban J connectivity index is 1.64. The molecule has 9 nitrogen and oxygen atoms in total. The Morgan fingerprint density at radius 3 is 2.50 bits per heavy atom. The molecule has 170 valence electrons. The van der Waals surface area contributed by atoms with E-state index in [2.05, 4.69) is 15.3 Å². The Morgan fingerprint density at radius 2 is 1.84 bits per heavy atom. The van der Waals surface area contributed by atoms with Crippen LogP contribution in [0.5, 0.6) is 0 Å². The van der Waals surface area contributed by atoms with E-state index >= 15 is 0 Å². The molecule has 0 saturated carbocycles. The Hall–Kier alpha value is -2.71. The van der Waals surface area contributed by atoms with Gasteiger partial charge >= 0.3 is 0 Å². The van der Waals surface area contributed by atoms with E-state index in [9.17, 15) is 28.5 Å². The zero-order valence-corrected chi connectivity index (χ0v) is 17.0. The van der Waals surface area contributed by atoms with Gasteiger partial charge in [0.1, 0.15) is 41.3 Å². The molecular weight excluding hydrogens is 451 g/mol. The number of halogens is 3. The SMILES string of the molecule is Nc1cc(S[C@H]2O[C@H](CO)[C@H](O)[C@H](n3cc(-c4cc(F)c(F)c(F)c4)nn3)[C@H]2O)ccn1. The lowest BCUT2D eigenvalue weighted by Gasteiger charge is -2.41. The molecule has 0 aliphatic carbocycles. The smallest absolute Gasteiger partial charge is 0.194 e. The molecule has 4 rings (SSSR count).